The molecule has 0 N–H and O–H groups in total. The summed E-state index contributed by atoms with van der Waals surface area (Å²) in [7, 11) is 3.30. The highest BCUT2D eigenvalue weighted by molar-refractivity contribution is 5.40. The maximum atomic E-state index is 11.1. The molecule has 4 rings (SSSR count). The molecule has 1 aromatic heterocycles. The van der Waals surface area contributed by atoms with Crippen LogP contribution in [0.25, 0.3) is 0 Å². The van der Waals surface area contributed by atoms with Gasteiger partial charge in [0.05, 0.1) is 25.2 Å². The molecule has 0 radical (unpaired) electrons. The van der Waals surface area contributed by atoms with Gasteiger partial charge in [-0.1, -0.05) is 12.1 Å². The van der Waals surface area contributed by atoms with Crippen LogP contribution in [0.5, 0.6) is 11.5 Å². The van der Waals surface area contributed by atoms with Crippen molar-refractivity contribution >= 4 is 5.69 Å². The van der Waals surface area contributed by atoms with Gasteiger partial charge in [0.15, 0.2) is 0 Å². The normalized spacial score (nSPS) is 16.5. The third kappa shape index (κ3) is 4.02. The number of non-ortho nitro benzene ring substituents is 1. The highest BCUT2D eigenvalue weighted by Gasteiger charge is 2.28. The number of ether oxygens (including phenoxy) is 2. The number of benzene rings is 2. The van der Waals surface area contributed by atoms with Crippen LogP contribution in [0.1, 0.15) is 29.3 Å². The smallest absolute Gasteiger partial charge is 0.269 e. The molecule has 7 heteroatoms. The molecule has 156 valence electrons. The number of nitrogens with zero attached hydrogens (tertiary/aromatic N) is 3. The van der Waals surface area contributed by atoms with Gasteiger partial charge in [-0.2, -0.15) is 0 Å². The third-order valence-corrected chi connectivity index (χ3v) is 5.57. The Morgan fingerprint density at radius 2 is 1.73 bits per heavy atom. The Morgan fingerprint density at radius 1 is 1.03 bits per heavy atom. The Hall–Kier alpha value is -3.32. The molecular weight excluding hydrogens is 382 g/mol. The van der Waals surface area contributed by atoms with E-state index in [0.29, 0.717) is 6.54 Å². The average molecular weight is 407 g/mol. The van der Waals surface area contributed by atoms with Crippen molar-refractivity contribution in [3.8, 4) is 11.5 Å². The number of methoxy groups -OCH3 is 2. The maximum absolute atomic E-state index is 11.1. The van der Waals surface area contributed by atoms with E-state index in [0.717, 1.165) is 42.1 Å². The molecule has 0 fully saturated rings. The highest BCUT2D eigenvalue weighted by Crippen LogP contribution is 2.34. The van der Waals surface area contributed by atoms with Gasteiger partial charge in [-0.3, -0.25) is 15.0 Å². The van der Waals surface area contributed by atoms with Gasteiger partial charge in [0.2, 0.25) is 0 Å². The number of hydrogen-bond donors (Lipinski definition) is 0. The van der Waals surface area contributed by atoms with E-state index < -0.39 is 0 Å². The van der Waals surface area contributed by atoms with Gasteiger partial charge < -0.3 is 14.0 Å². The lowest BCUT2D eigenvalue weighted by molar-refractivity contribution is -0.384. The number of aromatic nitrogens is 1. The van der Waals surface area contributed by atoms with Crippen LogP contribution in [-0.4, -0.2) is 35.2 Å². The SMILES string of the molecule is COc1cc(CN2CCCn3cccc3C2c2ccc([N+](=O)[O-])cc2)cc(OC)c1. The number of fused-ring (bicyclic) bond motifs is 1. The minimum atomic E-state index is -0.361. The van der Waals surface area contributed by atoms with Crippen molar-refractivity contribution in [2.24, 2.45) is 0 Å². The van der Waals surface area contributed by atoms with Gasteiger partial charge in [-0.05, 0) is 41.8 Å². The predicted octanol–water partition coefficient (Wildman–Crippen LogP) is 4.41. The van der Waals surface area contributed by atoms with Gasteiger partial charge in [-0.15, -0.1) is 0 Å². The topological polar surface area (TPSA) is 69.8 Å². The van der Waals surface area contributed by atoms with E-state index in [2.05, 4.69) is 27.8 Å². The predicted molar refractivity (Wildman–Crippen MR) is 114 cm³/mol. The second-order valence-electron chi connectivity index (χ2n) is 7.42. The average Bonchev–Trinajstić information content (AvgIpc) is 3.15. The van der Waals surface area contributed by atoms with Gasteiger partial charge in [0.25, 0.3) is 5.69 Å². The zero-order valence-corrected chi connectivity index (χ0v) is 17.2. The Morgan fingerprint density at radius 3 is 2.37 bits per heavy atom. The van der Waals surface area contributed by atoms with Crippen LogP contribution in [-0.2, 0) is 13.1 Å². The van der Waals surface area contributed by atoms with E-state index >= 15 is 0 Å². The number of aryl methyl sites for hydroxylation is 1. The van der Waals surface area contributed by atoms with E-state index in [1.807, 2.05) is 30.3 Å². The molecule has 1 aliphatic rings. The summed E-state index contributed by atoms with van der Waals surface area (Å²) in [4.78, 5) is 13.1. The Labute approximate surface area is 175 Å². The lowest BCUT2D eigenvalue weighted by Gasteiger charge is -2.31. The first kappa shape index (κ1) is 20.0. The van der Waals surface area contributed by atoms with Gasteiger partial charge >= 0.3 is 0 Å². The Bertz CT molecular complexity index is 1010. The second kappa shape index (κ2) is 8.59. The van der Waals surface area contributed by atoms with E-state index in [4.69, 9.17) is 9.47 Å². The first-order chi connectivity index (χ1) is 14.6. The van der Waals surface area contributed by atoms with Crippen molar-refractivity contribution in [2.45, 2.75) is 25.6 Å². The second-order valence-corrected chi connectivity index (χ2v) is 7.42. The highest BCUT2D eigenvalue weighted by atomic mass is 16.6. The van der Waals surface area contributed by atoms with E-state index in [9.17, 15) is 10.1 Å². The number of nitro benzene ring substituents is 1. The van der Waals surface area contributed by atoms with Gasteiger partial charge in [0.1, 0.15) is 11.5 Å². The van der Waals surface area contributed by atoms with E-state index in [1.165, 1.54) is 5.69 Å². The van der Waals surface area contributed by atoms with Crippen LogP contribution in [0.15, 0.2) is 60.8 Å². The summed E-state index contributed by atoms with van der Waals surface area (Å²) in [5.74, 6) is 1.52. The van der Waals surface area contributed by atoms with Crippen molar-refractivity contribution in [1.82, 2.24) is 9.47 Å². The molecule has 0 saturated carbocycles. The quantitative estimate of drug-likeness (QED) is 0.447. The number of rotatable bonds is 6. The largest absolute Gasteiger partial charge is 0.497 e. The zero-order valence-electron chi connectivity index (χ0n) is 17.2. The molecule has 0 amide bonds. The summed E-state index contributed by atoms with van der Waals surface area (Å²) >= 11 is 0. The molecule has 7 nitrogen and oxygen atoms in total. The molecule has 30 heavy (non-hydrogen) atoms. The fourth-order valence-corrected chi connectivity index (χ4v) is 4.16. The first-order valence-corrected chi connectivity index (χ1v) is 9.94. The summed E-state index contributed by atoms with van der Waals surface area (Å²) in [5.41, 5.74) is 3.43. The summed E-state index contributed by atoms with van der Waals surface area (Å²) in [6.45, 7) is 2.56. The standard InChI is InChI=1S/C23H25N3O4/c1-29-20-13-17(14-21(15-20)30-2)16-25-12-4-11-24-10-3-5-22(24)23(25)18-6-8-19(9-7-18)26(27)28/h3,5-10,13-15,23H,4,11-12,16H2,1-2H3. The molecule has 0 spiro atoms. The summed E-state index contributed by atoms with van der Waals surface area (Å²) < 4.78 is 13.1. The molecule has 0 aliphatic carbocycles. The van der Waals surface area contributed by atoms with Crippen molar-refractivity contribution in [1.29, 1.82) is 0 Å². The fourth-order valence-electron chi connectivity index (χ4n) is 4.16. The van der Waals surface area contributed by atoms with Crippen LogP contribution >= 0.6 is 0 Å². The van der Waals surface area contributed by atoms with Crippen LogP contribution in [0, 0.1) is 10.1 Å². The molecular formula is C23H25N3O4. The molecule has 1 aliphatic heterocycles. The molecule has 1 unspecified atom stereocenters. The fraction of sp³-hybridized carbons (Fsp3) is 0.304. The summed E-state index contributed by atoms with van der Waals surface area (Å²) in [6.07, 6.45) is 3.12. The van der Waals surface area contributed by atoms with Crippen LogP contribution in [0.4, 0.5) is 5.69 Å². The maximum Gasteiger partial charge on any atom is 0.269 e. The van der Waals surface area contributed by atoms with Crippen LogP contribution in [0.3, 0.4) is 0 Å². The first-order valence-electron chi connectivity index (χ1n) is 9.94. The Balaban J connectivity index is 1.72. The Kier molecular flexibility index (Phi) is 5.72. The van der Waals surface area contributed by atoms with Crippen LogP contribution in [0.2, 0.25) is 0 Å². The van der Waals surface area contributed by atoms with E-state index in [1.54, 1.807) is 26.4 Å². The minimum absolute atomic E-state index is 0.000463. The summed E-state index contributed by atoms with van der Waals surface area (Å²) in [5, 5.41) is 11.1. The lowest BCUT2D eigenvalue weighted by atomic mass is 10.0. The third-order valence-electron chi connectivity index (χ3n) is 5.57. The molecule has 2 heterocycles. The van der Waals surface area contributed by atoms with Crippen molar-refractivity contribution in [2.75, 3.05) is 20.8 Å². The minimum Gasteiger partial charge on any atom is -0.497 e. The zero-order chi connectivity index (χ0) is 21.1. The molecule has 0 bridgehead atoms. The lowest BCUT2D eigenvalue weighted by Crippen LogP contribution is -2.29. The van der Waals surface area contributed by atoms with Crippen molar-refractivity contribution in [3.63, 3.8) is 0 Å². The number of hydrogen-bond acceptors (Lipinski definition) is 5. The van der Waals surface area contributed by atoms with Gasteiger partial charge in [-0.25, -0.2) is 0 Å². The molecule has 2 aromatic carbocycles. The van der Waals surface area contributed by atoms with Gasteiger partial charge in [0, 0.05) is 49.7 Å². The van der Waals surface area contributed by atoms with E-state index in [-0.39, 0.29) is 16.7 Å². The monoisotopic (exact) mass is 407 g/mol. The van der Waals surface area contributed by atoms with Crippen LogP contribution < -0.4 is 9.47 Å². The molecule has 1 atom stereocenters. The van der Waals surface area contributed by atoms with Crippen molar-refractivity contribution in [3.05, 3.63) is 87.7 Å². The molecule has 0 saturated heterocycles. The number of nitro groups is 1. The molecule has 3 aromatic rings. The summed E-state index contributed by atoms with van der Waals surface area (Å²) in [6, 6.07) is 17.0. The van der Waals surface area contributed by atoms with Crippen molar-refractivity contribution < 1.29 is 14.4 Å².